The molecule has 24 heavy (non-hydrogen) atoms. The zero-order valence-corrected chi connectivity index (χ0v) is 15.5. The van der Waals surface area contributed by atoms with Gasteiger partial charge in [-0.2, -0.15) is 0 Å². The van der Waals surface area contributed by atoms with Gasteiger partial charge in [0.15, 0.2) is 0 Å². The second-order valence-corrected chi connectivity index (χ2v) is 8.35. The molecule has 1 aliphatic heterocycles. The predicted octanol–water partition coefficient (Wildman–Crippen LogP) is 2.88. The summed E-state index contributed by atoms with van der Waals surface area (Å²) in [6.07, 6.45) is 2.77. The van der Waals surface area contributed by atoms with Crippen molar-refractivity contribution < 1.29 is 13.2 Å². The Kier molecular flexibility index (Phi) is 6.80. The van der Waals surface area contributed by atoms with Gasteiger partial charge in [-0.05, 0) is 38.3 Å². The molecule has 0 unspecified atom stereocenters. The molecule has 0 N–H and O–H groups in total. The first-order valence-electron chi connectivity index (χ1n) is 8.83. The zero-order chi connectivity index (χ0) is 17.6. The summed E-state index contributed by atoms with van der Waals surface area (Å²) in [5.41, 5.74) is 0.906. The number of sulfonamides is 1. The first kappa shape index (κ1) is 18.9. The Balaban J connectivity index is 1.97. The van der Waals surface area contributed by atoms with Crippen LogP contribution in [0.1, 0.15) is 39.5 Å². The number of carbonyl (C=O) groups excluding carboxylic acids is 1. The molecule has 5 nitrogen and oxygen atoms in total. The number of piperidine rings is 1. The van der Waals surface area contributed by atoms with Crippen molar-refractivity contribution in [1.29, 1.82) is 0 Å². The molecule has 0 aliphatic carbocycles. The summed E-state index contributed by atoms with van der Waals surface area (Å²) in [5, 5.41) is 0. The summed E-state index contributed by atoms with van der Waals surface area (Å²) in [5.74, 6) is 0.227. The predicted molar refractivity (Wildman–Crippen MR) is 97.5 cm³/mol. The van der Waals surface area contributed by atoms with E-state index in [1.807, 2.05) is 44.2 Å². The minimum atomic E-state index is -3.16. The van der Waals surface area contributed by atoms with Crippen LogP contribution >= 0.6 is 0 Å². The zero-order valence-electron chi connectivity index (χ0n) is 14.6. The van der Waals surface area contributed by atoms with Gasteiger partial charge in [-0.15, -0.1) is 0 Å². The van der Waals surface area contributed by atoms with Gasteiger partial charge in [0.25, 0.3) is 0 Å². The van der Waals surface area contributed by atoms with E-state index in [9.17, 15) is 13.2 Å². The first-order valence-corrected chi connectivity index (χ1v) is 10.4. The fourth-order valence-corrected chi connectivity index (χ4v) is 4.81. The summed E-state index contributed by atoms with van der Waals surface area (Å²) in [6, 6.07) is 9.65. The molecular weight excluding hydrogens is 324 g/mol. The van der Waals surface area contributed by atoms with Gasteiger partial charge in [0, 0.05) is 31.2 Å². The van der Waals surface area contributed by atoms with E-state index in [1.165, 1.54) is 0 Å². The highest BCUT2D eigenvalue weighted by molar-refractivity contribution is 7.89. The Morgan fingerprint density at radius 3 is 2.33 bits per heavy atom. The van der Waals surface area contributed by atoms with Gasteiger partial charge in [-0.25, -0.2) is 12.7 Å². The van der Waals surface area contributed by atoms with Crippen LogP contribution in [-0.4, -0.2) is 44.0 Å². The van der Waals surface area contributed by atoms with Crippen LogP contribution < -0.4 is 4.90 Å². The first-order chi connectivity index (χ1) is 11.5. The topological polar surface area (TPSA) is 57.7 Å². The molecule has 1 amide bonds. The quantitative estimate of drug-likeness (QED) is 0.758. The van der Waals surface area contributed by atoms with Crippen LogP contribution in [0, 0.1) is 5.92 Å². The average molecular weight is 353 g/mol. The molecule has 6 heteroatoms. The number of nitrogens with zero attached hydrogens (tertiary/aromatic N) is 2. The number of hydrogen-bond acceptors (Lipinski definition) is 3. The summed E-state index contributed by atoms with van der Waals surface area (Å²) in [4.78, 5) is 14.6. The van der Waals surface area contributed by atoms with E-state index in [0.717, 1.165) is 12.1 Å². The Hall–Kier alpha value is -1.40. The van der Waals surface area contributed by atoms with Crippen LogP contribution in [0.4, 0.5) is 5.69 Å². The second-order valence-electron chi connectivity index (χ2n) is 6.26. The highest BCUT2D eigenvalue weighted by Gasteiger charge is 2.32. The van der Waals surface area contributed by atoms with Gasteiger partial charge < -0.3 is 4.90 Å². The smallest absolute Gasteiger partial charge is 0.230 e. The maximum Gasteiger partial charge on any atom is 0.230 e. The van der Waals surface area contributed by atoms with Crippen molar-refractivity contribution in [3.05, 3.63) is 30.3 Å². The van der Waals surface area contributed by atoms with Crippen LogP contribution in [0.25, 0.3) is 0 Å². The lowest BCUT2D eigenvalue weighted by Crippen LogP contribution is -2.45. The summed E-state index contributed by atoms with van der Waals surface area (Å²) >= 11 is 0. The minimum absolute atomic E-state index is 0.0946. The molecule has 2 rings (SSSR count). The number of amides is 1. The van der Waals surface area contributed by atoms with Gasteiger partial charge in [0.1, 0.15) is 0 Å². The molecule has 1 aliphatic rings. The number of rotatable bonds is 7. The molecular formula is C18H28N2O3S. The molecule has 0 aromatic heterocycles. The highest BCUT2D eigenvalue weighted by Crippen LogP contribution is 2.25. The summed E-state index contributed by atoms with van der Waals surface area (Å²) < 4.78 is 26.1. The van der Waals surface area contributed by atoms with E-state index >= 15 is 0 Å². The van der Waals surface area contributed by atoms with Crippen LogP contribution in [0.2, 0.25) is 0 Å². The summed E-state index contributed by atoms with van der Waals surface area (Å²) in [6.45, 7) is 5.49. The van der Waals surface area contributed by atoms with E-state index in [1.54, 1.807) is 9.21 Å². The molecule has 0 bridgehead atoms. The van der Waals surface area contributed by atoms with Gasteiger partial charge in [-0.1, -0.05) is 31.5 Å². The van der Waals surface area contributed by atoms with Crippen molar-refractivity contribution in [2.75, 3.05) is 30.3 Å². The Morgan fingerprint density at radius 2 is 1.79 bits per heavy atom. The second kappa shape index (κ2) is 8.62. The maximum atomic E-state index is 12.8. The molecule has 1 saturated heterocycles. The standard InChI is InChI=1S/C18H28N2O3S/c1-3-5-15-24(22,23)19-13-11-16(12-14-19)18(21)20(4-2)17-9-7-6-8-10-17/h6-10,16H,3-5,11-15H2,1-2H3. The van der Waals surface area contributed by atoms with E-state index in [4.69, 9.17) is 0 Å². The Bertz CT molecular complexity index is 623. The van der Waals surface area contributed by atoms with Crippen LogP contribution in [-0.2, 0) is 14.8 Å². The number of unbranched alkanes of at least 4 members (excludes halogenated alkanes) is 1. The lowest BCUT2D eigenvalue weighted by Gasteiger charge is -2.33. The fraction of sp³-hybridized carbons (Fsp3) is 0.611. The van der Waals surface area contributed by atoms with E-state index in [2.05, 4.69) is 0 Å². The van der Waals surface area contributed by atoms with Gasteiger partial charge in [0.05, 0.1) is 5.75 Å². The van der Waals surface area contributed by atoms with Crippen molar-refractivity contribution in [2.45, 2.75) is 39.5 Å². The van der Waals surface area contributed by atoms with Crippen molar-refractivity contribution >= 4 is 21.6 Å². The Labute approximate surface area is 145 Å². The number of carbonyl (C=O) groups is 1. The molecule has 1 aromatic rings. The molecule has 1 aromatic carbocycles. The monoisotopic (exact) mass is 352 g/mol. The molecule has 0 saturated carbocycles. The lowest BCUT2D eigenvalue weighted by atomic mass is 9.96. The number of hydrogen-bond donors (Lipinski definition) is 0. The third-order valence-electron chi connectivity index (χ3n) is 4.60. The third-order valence-corrected chi connectivity index (χ3v) is 6.56. The third kappa shape index (κ3) is 4.57. The van der Waals surface area contributed by atoms with Gasteiger partial charge in [-0.3, -0.25) is 4.79 Å². The lowest BCUT2D eigenvalue weighted by molar-refractivity contribution is -0.123. The van der Waals surface area contributed by atoms with Crippen molar-refractivity contribution in [2.24, 2.45) is 5.92 Å². The van der Waals surface area contributed by atoms with Gasteiger partial charge >= 0.3 is 0 Å². The largest absolute Gasteiger partial charge is 0.312 e. The van der Waals surface area contributed by atoms with E-state index < -0.39 is 10.0 Å². The number of benzene rings is 1. The van der Waals surface area contributed by atoms with Crippen LogP contribution in [0.15, 0.2) is 30.3 Å². The van der Waals surface area contributed by atoms with Crippen molar-refractivity contribution in [3.63, 3.8) is 0 Å². The molecule has 0 atom stereocenters. The number of anilines is 1. The normalized spacial score (nSPS) is 16.9. The average Bonchev–Trinajstić information content (AvgIpc) is 2.61. The fourth-order valence-electron chi connectivity index (χ4n) is 3.13. The molecule has 0 spiro atoms. The van der Waals surface area contributed by atoms with Crippen LogP contribution in [0.5, 0.6) is 0 Å². The SMILES string of the molecule is CCCCS(=O)(=O)N1CCC(C(=O)N(CC)c2ccccc2)CC1. The van der Waals surface area contributed by atoms with Crippen molar-refractivity contribution in [1.82, 2.24) is 4.31 Å². The van der Waals surface area contributed by atoms with E-state index in [-0.39, 0.29) is 17.6 Å². The minimum Gasteiger partial charge on any atom is -0.312 e. The summed E-state index contributed by atoms with van der Waals surface area (Å²) in [7, 11) is -3.16. The maximum absolute atomic E-state index is 12.8. The highest BCUT2D eigenvalue weighted by atomic mass is 32.2. The van der Waals surface area contributed by atoms with Crippen molar-refractivity contribution in [3.8, 4) is 0 Å². The van der Waals surface area contributed by atoms with E-state index in [0.29, 0.717) is 38.9 Å². The molecule has 1 heterocycles. The Morgan fingerprint density at radius 1 is 1.17 bits per heavy atom. The van der Waals surface area contributed by atoms with Crippen LogP contribution in [0.3, 0.4) is 0 Å². The van der Waals surface area contributed by atoms with Gasteiger partial charge in [0.2, 0.25) is 15.9 Å². The molecule has 1 fully saturated rings. The molecule has 134 valence electrons. The molecule has 0 radical (unpaired) electrons. The number of para-hydroxylation sites is 1.